The molecule has 0 saturated heterocycles. The van der Waals surface area contributed by atoms with Crippen LogP contribution in [0.2, 0.25) is 0 Å². The third-order valence-electron chi connectivity index (χ3n) is 2.10. The van der Waals surface area contributed by atoms with Gasteiger partial charge in [-0.1, -0.05) is 18.2 Å². The molecule has 2 heteroatoms. The van der Waals surface area contributed by atoms with E-state index < -0.39 is 0 Å². The maximum atomic E-state index is 11.1. The monoisotopic (exact) mass is 190 g/mol. The molecule has 2 nitrogen and oxygen atoms in total. The van der Waals surface area contributed by atoms with Gasteiger partial charge in [0.15, 0.2) is 5.78 Å². The molecule has 1 rings (SSSR count). The van der Waals surface area contributed by atoms with E-state index in [1.807, 2.05) is 18.2 Å². The molecule has 74 valence electrons. The van der Waals surface area contributed by atoms with Crippen LogP contribution in [0.15, 0.2) is 24.3 Å². The predicted octanol–water partition coefficient (Wildman–Crippen LogP) is 2.41. The van der Waals surface area contributed by atoms with Crippen molar-refractivity contribution in [2.24, 2.45) is 0 Å². The second-order valence-corrected chi connectivity index (χ2v) is 3.46. The molecule has 1 aromatic carbocycles. The normalized spacial score (nSPS) is 9.86. The second-order valence-electron chi connectivity index (χ2n) is 3.46. The van der Waals surface area contributed by atoms with Crippen molar-refractivity contribution in [1.29, 1.82) is 0 Å². The molecule has 0 aliphatic carbocycles. The van der Waals surface area contributed by atoms with Gasteiger partial charge in [-0.3, -0.25) is 4.79 Å². The Labute approximate surface area is 83.9 Å². The van der Waals surface area contributed by atoms with Gasteiger partial charge < -0.3 is 4.79 Å². The lowest BCUT2D eigenvalue weighted by Crippen LogP contribution is -1.97. The lowest BCUT2D eigenvalue weighted by Gasteiger charge is -2.01. The molecule has 1 aromatic rings. The highest BCUT2D eigenvalue weighted by atomic mass is 16.1. The predicted molar refractivity (Wildman–Crippen MR) is 55.4 cm³/mol. The van der Waals surface area contributed by atoms with Crippen LogP contribution in [0, 0.1) is 0 Å². The van der Waals surface area contributed by atoms with Crippen molar-refractivity contribution in [3.63, 3.8) is 0 Å². The summed E-state index contributed by atoms with van der Waals surface area (Å²) >= 11 is 0. The Morgan fingerprint density at radius 3 is 2.50 bits per heavy atom. The molecule has 0 saturated carbocycles. The zero-order valence-electron chi connectivity index (χ0n) is 8.54. The summed E-state index contributed by atoms with van der Waals surface area (Å²) in [7, 11) is 0. The average Bonchev–Trinajstić information content (AvgIpc) is 2.15. The fraction of sp³-hybridized carbons (Fsp3) is 0.333. The Morgan fingerprint density at radius 2 is 1.93 bits per heavy atom. The maximum absolute atomic E-state index is 11.1. The van der Waals surface area contributed by atoms with E-state index in [2.05, 4.69) is 0 Å². The summed E-state index contributed by atoms with van der Waals surface area (Å²) < 4.78 is 0. The van der Waals surface area contributed by atoms with E-state index in [-0.39, 0.29) is 11.6 Å². The van der Waals surface area contributed by atoms with Crippen molar-refractivity contribution in [2.75, 3.05) is 0 Å². The summed E-state index contributed by atoms with van der Waals surface area (Å²) in [6.45, 7) is 3.12. The quantitative estimate of drug-likeness (QED) is 0.683. The first-order valence-corrected chi connectivity index (χ1v) is 4.69. The molecule has 0 aliphatic heterocycles. The van der Waals surface area contributed by atoms with Crippen molar-refractivity contribution in [2.45, 2.75) is 26.7 Å². The number of carbonyl (C=O) groups is 2. The summed E-state index contributed by atoms with van der Waals surface area (Å²) in [5.74, 6) is 0.243. The largest absolute Gasteiger partial charge is 0.300 e. The molecule has 0 aliphatic rings. The zero-order chi connectivity index (χ0) is 10.6. The van der Waals surface area contributed by atoms with Crippen molar-refractivity contribution in [3.8, 4) is 0 Å². The van der Waals surface area contributed by atoms with E-state index in [0.717, 1.165) is 12.0 Å². The van der Waals surface area contributed by atoms with Crippen molar-refractivity contribution >= 4 is 11.6 Å². The first kappa shape index (κ1) is 10.6. The summed E-state index contributed by atoms with van der Waals surface area (Å²) in [5, 5.41) is 0. The van der Waals surface area contributed by atoms with Crippen LogP contribution in [-0.4, -0.2) is 11.6 Å². The van der Waals surface area contributed by atoms with Crippen LogP contribution in [0.25, 0.3) is 0 Å². The molecule has 0 radical (unpaired) electrons. The van der Waals surface area contributed by atoms with E-state index in [9.17, 15) is 9.59 Å². The number of carbonyl (C=O) groups excluding carboxylic acids is 2. The molecule has 14 heavy (non-hydrogen) atoms. The molecule has 0 fully saturated rings. The number of rotatable bonds is 4. The summed E-state index contributed by atoms with van der Waals surface area (Å²) in [6, 6.07) is 7.44. The number of hydrogen-bond donors (Lipinski definition) is 0. The van der Waals surface area contributed by atoms with E-state index in [4.69, 9.17) is 0 Å². The van der Waals surface area contributed by atoms with Gasteiger partial charge in [-0.2, -0.15) is 0 Å². The SMILES string of the molecule is CC(=O)CCc1cccc(C(C)=O)c1. The van der Waals surface area contributed by atoms with Crippen molar-refractivity contribution in [3.05, 3.63) is 35.4 Å². The topological polar surface area (TPSA) is 34.1 Å². The van der Waals surface area contributed by atoms with Crippen LogP contribution in [0.4, 0.5) is 0 Å². The highest BCUT2D eigenvalue weighted by Gasteiger charge is 2.01. The average molecular weight is 190 g/mol. The van der Waals surface area contributed by atoms with Gasteiger partial charge in [0.05, 0.1) is 0 Å². The summed E-state index contributed by atoms with van der Waals surface area (Å²) in [5.41, 5.74) is 1.76. The number of Topliss-reactive ketones (excluding diaryl/α,β-unsaturated/α-hetero) is 2. The molecule has 0 atom stereocenters. The van der Waals surface area contributed by atoms with Gasteiger partial charge >= 0.3 is 0 Å². The molecule has 0 spiro atoms. The first-order valence-electron chi connectivity index (χ1n) is 4.69. The van der Waals surface area contributed by atoms with Gasteiger partial charge in [-0.15, -0.1) is 0 Å². The van der Waals surface area contributed by atoms with Crippen LogP contribution < -0.4 is 0 Å². The first-order chi connectivity index (χ1) is 6.59. The Kier molecular flexibility index (Phi) is 3.57. The summed E-state index contributed by atoms with van der Waals surface area (Å²) in [6.07, 6.45) is 1.26. The Bertz CT molecular complexity index is 353. The number of benzene rings is 1. The van der Waals surface area contributed by atoms with Crippen LogP contribution in [0.1, 0.15) is 36.2 Å². The van der Waals surface area contributed by atoms with E-state index in [1.165, 1.54) is 0 Å². The minimum Gasteiger partial charge on any atom is -0.300 e. The van der Waals surface area contributed by atoms with Crippen LogP contribution in [0.3, 0.4) is 0 Å². The number of aryl methyl sites for hydroxylation is 1. The Hall–Kier alpha value is -1.44. The lowest BCUT2D eigenvalue weighted by molar-refractivity contribution is -0.116. The Morgan fingerprint density at radius 1 is 1.21 bits per heavy atom. The van der Waals surface area contributed by atoms with Gasteiger partial charge in [-0.05, 0) is 31.9 Å². The van der Waals surface area contributed by atoms with Gasteiger partial charge in [0.1, 0.15) is 5.78 Å². The zero-order valence-corrected chi connectivity index (χ0v) is 8.54. The third kappa shape index (κ3) is 3.13. The fourth-order valence-corrected chi connectivity index (χ4v) is 1.27. The molecule has 0 heterocycles. The van der Waals surface area contributed by atoms with E-state index in [1.54, 1.807) is 19.9 Å². The van der Waals surface area contributed by atoms with Crippen LogP contribution >= 0.6 is 0 Å². The number of hydrogen-bond acceptors (Lipinski definition) is 2. The minimum absolute atomic E-state index is 0.0645. The smallest absolute Gasteiger partial charge is 0.159 e. The van der Waals surface area contributed by atoms with Gasteiger partial charge in [0, 0.05) is 12.0 Å². The molecular weight excluding hydrogens is 176 g/mol. The molecule has 0 amide bonds. The summed E-state index contributed by atoms with van der Waals surface area (Å²) in [4.78, 5) is 21.8. The molecule has 0 aromatic heterocycles. The van der Waals surface area contributed by atoms with Crippen molar-refractivity contribution < 1.29 is 9.59 Å². The molecule has 0 N–H and O–H groups in total. The second kappa shape index (κ2) is 4.70. The minimum atomic E-state index is 0.0645. The molecule has 0 bridgehead atoms. The van der Waals surface area contributed by atoms with Crippen molar-refractivity contribution in [1.82, 2.24) is 0 Å². The Balaban J connectivity index is 2.73. The van der Waals surface area contributed by atoms with Gasteiger partial charge in [0.2, 0.25) is 0 Å². The third-order valence-corrected chi connectivity index (χ3v) is 2.10. The van der Waals surface area contributed by atoms with Crippen LogP contribution in [-0.2, 0) is 11.2 Å². The van der Waals surface area contributed by atoms with E-state index >= 15 is 0 Å². The maximum Gasteiger partial charge on any atom is 0.159 e. The van der Waals surface area contributed by atoms with Gasteiger partial charge in [-0.25, -0.2) is 0 Å². The highest BCUT2D eigenvalue weighted by molar-refractivity contribution is 5.94. The number of ketones is 2. The molecule has 0 unspecified atom stereocenters. The lowest BCUT2D eigenvalue weighted by atomic mass is 10.0. The fourth-order valence-electron chi connectivity index (χ4n) is 1.27. The highest BCUT2D eigenvalue weighted by Crippen LogP contribution is 2.08. The molecular formula is C12H14O2. The van der Waals surface area contributed by atoms with E-state index in [0.29, 0.717) is 12.0 Å². The van der Waals surface area contributed by atoms with Gasteiger partial charge in [0.25, 0.3) is 0 Å². The van der Waals surface area contributed by atoms with Crippen LogP contribution in [0.5, 0.6) is 0 Å². The standard InChI is InChI=1S/C12H14O2/c1-9(13)6-7-11-4-3-5-12(8-11)10(2)14/h3-5,8H,6-7H2,1-2H3.